The van der Waals surface area contributed by atoms with Crippen LogP contribution in [0.2, 0.25) is 10.0 Å². The van der Waals surface area contributed by atoms with Crippen LogP contribution in [0.25, 0.3) is 0 Å². The van der Waals surface area contributed by atoms with Gasteiger partial charge in [-0.1, -0.05) is 53.5 Å². The third-order valence-corrected chi connectivity index (χ3v) is 4.79. The number of hydrogen-bond acceptors (Lipinski definition) is 5. The number of rotatable bonds is 7. The topological polar surface area (TPSA) is 90.5 Å². The van der Waals surface area contributed by atoms with E-state index in [4.69, 9.17) is 27.9 Å². The van der Waals surface area contributed by atoms with Gasteiger partial charge in [0, 0.05) is 23.9 Å². The lowest BCUT2D eigenvalue weighted by Gasteiger charge is -2.17. The number of anilines is 3. The van der Waals surface area contributed by atoms with Crippen molar-refractivity contribution in [3.8, 4) is 5.75 Å². The molecule has 0 unspecified atom stereocenters. The molecule has 0 bridgehead atoms. The highest BCUT2D eigenvalue weighted by Gasteiger charge is 2.14. The summed E-state index contributed by atoms with van der Waals surface area (Å²) in [4.78, 5) is 22.5. The van der Waals surface area contributed by atoms with Crippen molar-refractivity contribution < 1.29 is 19.4 Å². The Bertz CT molecular complexity index is 1100. The Balaban J connectivity index is 1.82. The molecule has 1 amide bonds. The number of aromatic carboxylic acids is 1. The third kappa shape index (κ3) is 5.23. The number of hydrogen-bond donors (Lipinski definition) is 2. The molecule has 0 atom stereocenters. The van der Waals surface area contributed by atoms with E-state index in [-0.39, 0.29) is 23.1 Å². The minimum atomic E-state index is -1.32. The van der Waals surface area contributed by atoms with E-state index in [1.165, 1.54) is 13.0 Å². The van der Waals surface area contributed by atoms with E-state index in [0.717, 1.165) is 5.56 Å². The monoisotopic (exact) mass is 443 g/mol. The highest BCUT2D eigenvalue weighted by atomic mass is 35.5. The van der Waals surface area contributed by atoms with Crippen LogP contribution in [0, 0.1) is 0 Å². The lowest BCUT2D eigenvalue weighted by atomic mass is 10.1. The second-order valence-electron chi connectivity index (χ2n) is 6.36. The van der Waals surface area contributed by atoms with Crippen molar-refractivity contribution in [2.24, 2.45) is 0 Å². The van der Waals surface area contributed by atoms with Crippen LogP contribution in [-0.2, 0) is 11.4 Å². The third-order valence-electron chi connectivity index (χ3n) is 4.10. The molecule has 0 aliphatic carbocycles. The fraction of sp³-hybridized carbons (Fsp3) is 0.0909. The quantitative estimate of drug-likeness (QED) is 0.554. The van der Waals surface area contributed by atoms with Crippen LogP contribution in [0.3, 0.4) is 0 Å². The summed E-state index contributed by atoms with van der Waals surface area (Å²) >= 11 is 12.7. The average Bonchev–Trinajstić information content (AvgIpc) is 2.70. The van der Waals surface area contributed by atoms with E-state index in [9.17, 15) is 14.7 Å². The summed E-state index contributed by atoms with van der Waals surface area (Å²) in [5, 5.41) is 17.5. The molecular formula is C22H17Cl2N2O4-. The summed E-state index contributed by atoms with van der Waals surface area (Å²) in [6.07, 6.45) is 0. The predicted octanol–water partition coefficient (Wildman–Crippen LogP) is 4.64. The van der Waals surface area contributed by atoms with E-state index in [2.05, 4.69) is 10.6 Å². The molecule has 0 aliphatic rings. The predicted molar refractivity (Wildman–Crippen MR) is 116 cm³/mol. The molecular weight excluding hydrogens is 427 g/mol. The van der Waals surface area contributed by atoms with Crippen LogP contribution in [0.1, 0.15) is 22.8 Å². The smallest absolute Gasteiger partial charge is 0.221 e. The number of para-hydroxylation sites is 1. The number of ether oxygens (including phenoxy) is 1. The number of benzene rings is 3. The van der Waals surface area contributed by atoms with Crippen molar-refractivity contribution in [3.63, 3.8) is 0 Å². The summed E-state index contributed by atoms with van der Waals surface area (Å²) in [6.45, 7) is 1.63. The Morgan fingerprint density at radius 3 is 2.53 bits per heavy atom. The molecule has 0 saturated carbocycles. The number of carbonyl (C=O) groups excluding carboxylic acids is 2. The van der Waals surface area contributed by atoms with Crippen LogP contribution in [0.5, 0.6) is 5.75 Å². The van der Waals surface area contributed by atoms with Crippen LogP contribution < -0.4 is 20.5 Å². The molecule has 3 aromatic carbocycles. The number of carboxylic acids is 1. The fourth-order valence-corrected chi connectivity index (χ4v) is 3.29. The van der Waals surface area contributed by atoms with Crippen LogP contribution in [0.15, 0.2) is 60.7 Å². The number of carboxylic acid groups (broad SMARTS) is 1. The van der Waals surface area contributed by atoms with Gasteiger partial charge in [0.15, 0.2) is 0 Å². The summed E-state index contributed by atoms with van der Waals surface area (Å²) in [5.41, 5.74) is 2.07. The number of carbonyl (C=O) groups is 2. The summed E-state index contributed by atoms with van der Waals surface area (Å²) in [7, 11) is 0. The Morgan fingerprint density at radius 1 is 1.03 bits per heavy atom. The first-order valence-corrected chi connectivity index (χ1v) is 9.65. The van der Waals surface area contributed by atoms with E-state index < -0.39 is 5.97 Å². The first-order valence-electron chi connectivity index (χ1n) is 8.90. The Kier molecular flexibility index (Phi) is 6.82. The Hall–Kier alpha value is -3.22. The van der Waals surface area contributed by atoms with Crippen LogP contribution in [0.4, 0.5) is 17.1 Å². The molecule has 3 rings (SSSR count). The van der Waals surface area contributed by atoms with Gasteiger partial charge >= 0.3 is 0 Å². The van der Waals surface area contributed by atoms with Crippen LogP contribution in [-0.4, -0.2) is 11.9 Å². The molecule has 3 aromatic rings. The van der Waals surface area contributed by atoms with E-state index in [1.54, 1.807) is 48.5 Å². The maximum absolute atomic E-state index is 11.3. The van der Waals surface area contributed by atoms with Crippen molar-refractivity contribution in [2.75, 3.05) is 10.6 Å². The highest BCUT2D eigenvalue weighted by Crippen LogP contribution is 2.40. The van der Waals surface area contributed by atoms with Crippen molar-refractivity contribution in [2.45, 2.75) is 13.5 Å². The molecule has 154 valence electrons. The lowest BCUT2D eigenvalue weighted by Crippen LogP contribution is -2.23. The van der Waals surface area contributed by atoms with Gasteiger partial charge in [-0.3, -0.25) is 4.79 Å². The number of halogens is 2. The summed E-state index contributed by atoms with van der Waals surface area (Å²) < 4.78 is 5.82. The molecule has 8 heteroatoms. The lowest BCUT2D eigenvalue weighted by molar-refractivity contribution is -0.254. The second kappa shape index (κ2) is 9.52. The van der Waals surface area contributed by atoms with Crippen molar-refractivity contribution in [1.29, 1.82) is 0 Å². The van der Waals surface area contributed by atoms with Crippen molar-refractivity contribution in [1.82, 2.24) is 0 Å². The zero-order valence-electron chi connectivity index (χ0n) is 15.9. The highest BCUT2D eigenvalue weighted by molar-refractivity contribution is 6.40. The number of amides is 1. The Labute approximate surface area is 183 Å². The van der Waals surface area contributed by atoms with Gasteiger partial charge in [-0.05, 0) is 35.9 Å². The van der Waals surface area contributed by atoms with E-state index in [1.807, 2.05) is 6.07 Å². The zero-order valence-corrected chi connectivity index (χ0v) is 17.4. The van der Waals surface area contributed by atoms with Crippen molar-refractivity contribution >= 4 is 52.1 Å². The maximum Gasteiger partial charge on any atom is 0.221 e. The fourth-order valence-electron chi connectivity index (χ4n) is 2.77. The molecule has 0 fully saturated rings. The SMILES string of the molecule is CC(=O)Nc1cccc(COc2ccc(Cl)c(Nc3ccccc3C(=O)[O-])c2Cl)c1. The van der Waals surface area contributed by atoms with E-state index >= 15 is 0 Å². The normalized spacial score (nSPS) is 10.4. The van der Waals surface area contributed by atoms with Gasteiger partial charge in [0.25, 0.3) is 0 Å². The number of nitrogens with one attached hydrogen (secondary N) is 2. The van der Waals surface area contributed by atoms with Gasteiger partial charge in [0.05, 0.1) is 16.7 Å². The molecule has 0 aromatic heterocycles. The van der Waals surface area contributed by atoms with Gasteiger partial charge in [-0.25, -0.2) is 0 Å². The van der Waals surface area contributed by atoms with Gasteiger partial charge in [-0.2, -0.15) is 0 Å². The van der Waals surface area contributed by atoms with Gasteiger partial charge in [0.2, 0.25) is 5.91 Å². The standard InChI is InChI=1S/C22H18Cl2N2O4/c1-13(27)25-15-6-4-5-14(11-15)12-30-19-10-9-17(23)21(20(19)24)26-18-8-3-2-7-16(18)22(28)29/h2-11,26H,12H2,1H3,(H,25,27)(H,28,29)/p-1. The second-order valence-corrected chi connectivity index (χ2v) is 7.15. The largest absolute Gasteiger partial charge is 0.545 e. The van der Waals surface area contributed by atoms with Gasteiger partial charge in [0.1, 0.15) is 17.4 Å². The minimum absolute atomic E-state index is 0.0225. The molecule has 0 radical (unpaired) electrons. The van der Waals surface area contributed by atoms with Gasteiger partial charge in [-0.15, -0.1) is 0 Å². The summed E-state index contributed by atoms with van der Waals surface area (Å²) in [6, 6.07) is 16.7. The molecule has 0 aliphatic heterocycles. The zero-order chi connectivity index (χ0) is 21.7. The molecule has 0 heterocycles. The van der Waals surface area contributed by atoms with Crippen LogP contribution >= 0.6 is 23.2 Å². The first-order chi connectivity index (χ1) is 14.3. The molecule has 0 spiro atoms. The minimum Gasteiger partial charge on any atom is -0.545 e. The van der Waals surface area contributed by atoms with E-state index in [0.29, 0.717) is 27.8 Å². The summed E-state index contributed by atoms with van der Waals surface area (Å²) in [5.74, 6) is -1.13. The molecule has 30 heavy (non-hydrogen) atoms. The molecule has 0 saturated heterocycles. The molecule has 2 N–H and O–H groups in total. The van der Waals surface area contributed by atoms with Crippen molar-refractivity contribution in [3.05, 3.63) is 81.8 Å². The first kappa shape index (κ1) is 21.5. The molecule has 6 nitrogen and oxygen atoms in total. The Morgan fingerprint density at radius 2 is 1.80 bits per heavy atom. The van der Waals surface area contributed by atoms with Gasteiger partial charge < -0.3 is 25.3 Å². The maximum atomic E-state index is 11.3. The average molecular weight is 444 g/mol.